The van der Waals surface area contributed by atoms with Gasteiger partial charge in [0.2, 0.25) is 0 Å². The molecule has 2 rings (SSSR count). The molecule has 0 aliphatic heterocycles. The van der Waals surface area contributed by atoms with Gasteiger partial charge in [-0.05, 0) is 38.1 Å². The lowest BCUT2D eigenvalue weighted by molar-refractivity contribution is -0.122. The van der Waals surface area contributed by atoms with Gasteiger partial charge in [0, 0.05) is 17.6 Å². The van der Waals surface area contributed by atoms with Crippen molar-refractivity contribution in [2.24, 2.45) is 0 Å². The van der Waals surface area contributed by atoms with Crippen LogP contribution in [0.2, 0.25) is 0 Å². The quantitative estimate of drug-likeness (QED) is 0.810. The van der Waals surface area contributed by atoms with E-state index in [0.29, 0.717) is 22.9 Å². The van der Waals surface area contributed by atoms with Crippen LogP contribution in [0.3, 0.4) is 0 Å². The summed E-state index contributed by atoms with van der Waals surface area (Å²) in [5.41, 5.74) is 1.31. The highest BCUT2D eigenvalue weighted by atomic mass is 32.1. The molecule has 0 bridgehead atoms. The first kappa shape index (κ1) is 19.9. The molecule has 0 spiro atoms. The number of aryl methyl sites for hydroxylation is 1. The van der Waals surface area contributed by atoms with Crippen molar-refractivity contribution in [3.8, 4) is 5.75 Å². The molecule has 0 fully saturated rings. The molecule has 7 heteroatoms. The minimum Gasteiger partial charge on any atom is -0.484 e. The Labute approximate surface area is 158 Å². The zero-order valence-electron chi connectivity index (χ0n) is 15.8. The third-order valence-corrected chi connectivity index (χ3v) is 5.08. The zero-order chi connectivity index (χ0) is 19.3. The van der Waals surface area contributed by atoms with Crippen molar-refractivity contribution in [2.45, 2.75) is 40.0 Å². The van der Waals surface area contributed by atoms with Crippen molar-refractivity contribution in [3.05, 3.63) is 39.8 Å². The normalized spacial score (nSPS) is 11.1. The molecule has 6 nitrogen and oxygen atoms in total. The standard InChI is InChI=1S/C19H25N3O3S/c1-6-20-15(23)11-25-14-9-7-13(8-10-14)22-17(24)16-12(2)21-18(26-16)19(3,4)5/h7-10H,6,11H2,1-5H3,(H,20,23)(H,22,24). The number of benzene rings is 1. The highest BCUT2D eigenvalue weighted by Crippen LogP contribution is 2.29. The topological polar surface area (TPSA) is 80.3 Å². The monoisotopic (exact) mass is 375 g/mol. The molecule has 2 amide bonds. The second-order valence-corrected chi connectivity index (χ2v) is 7.90. The Morgan fingerprint density at radius 2 is 1.85 bits per heavy atom. The summed E-state index contributed by atoms with van der Waals surface area (Å²) in [6.07, 6.45) is 0. The van der Waals surface area contributed by atoms with Gasteiger partial charge in [-0.3, -0.25) is 9.59 Å². The molecule has 0 atom stereocenters. The lowest BCUT2D eigenvalue weighted by atomic mass is 9.98. The maximum Gasteiger partial charge on any atom is 0.267 e. The molecule has 1 heterocycles. The van der Waals surface area contributed by atoms with Crippen LogP contribution in [0.25, 0.3) is 0 Å². The van der Waals surface area contributed by atoms with E-state index in [-0.39, 0.29) is 23.8 Å². The Balaban J connectivity index is 1.99. The summed E-state index contributed by atoms with van der Waals surface area (Å²) in [5, 5.41) is 6.48. The van der Waals surface area contributed by atoms with E-state index in [1.807, 2.05) is 13.8 Å². The van der Waals surface area contributed by atoms with Crippen LogP contribution >= 0.6 is 11.3 Å². The van der Waals surface area contributed by atoms with Crippen LogP contribution in [-0.4, -0.2) is 29.9 Å². The van der Waals surface area contributed by atoms with Crippen molar-refractivity contribution in [2.75, 3.05) is 18.5 Å². The third-order valence-electron chi connectivity index (χ3n) is 3.50. The molecule has 2 N–H and O–H groups in total. The number of carbonyl (C=O) groups is 2. The maximum atomic E-state index is 12.5. The Bertz CT molecular complexity index is 776. The SMILES string of the molecule is CCNC(=O)COc1ccc(NC(=O)c2sc(C(C)(C)C)nc2C)cc1. The largest absolute Gasteiger partial charge is 0.484 e. The molecular formula is C19H25N3O3S. The lowest BCUT2D eigenvalue weighted by Crippen LogP contribution is -2.28. The predicted molar refractivity (Wildman–Crippen MR) is 104 cm³/mol. The first-order valence-corrected chi connectivity index (χ1v) is 9.31. The van der Waals surface area contributed by atoms with Gasteiger partial charge in [0.25, 0.3) is 11.8 Å². The summed E-state index contributed by atoms with van der Waals surface area (Å²) in [6.45, 7) is 10.5. The molecule has 0 unspecified atom stereocenters. The van der Waals surface area contributed by atoms with Crippen LogP contribution in [0.4, 0.5) is 5.69 Å². The minimum absolute atomic E-state index is 0.0326. The number of nitrogens with zero attached hydrogens (tertiary/aromatic N) is 1. The number of ether oxygens (including phenoxy) is 1. The van der Waals surface area contributed by atoms with E-state index in [1.165, 1.54) is 11.3 Å². The number of rotatable bonds is 6. The van der Waals surface area contributed by atoms with Gasteiger partial charge >= 0.3 is 0 Å². The van der Waals surface area contributed by atoms with E-state index in [1.54, 1.807) is 24.3 Å². The van der Waals surface area contributed by atoms with Crippen LogP contribution in [0.15, 0.2) is 24.3 Å². The van der Waals surface area contributed by atoms with Gasteiger partial charge < -0.3 is 15.4 Å². The number of thiazole rings is 1. The number of aromatic nitrogens is 1. The molecule has 26 heavy (non-hydrogen) atoms. The summed E-state index contributed by atoms with van der Waals surface area (Å²) in [5.74, 6) is 0.227. The van der Waals surface area contributed by atoms with Gasteiger partial charge in [0.15, 0.2) is 6.61 Å². The van der Waals surface area contributed by atoms with Gasteiger partial charge in [0.1, 0.15) is 10.6 Å². The van der Waals surface area contributed by atoms with Gasteiger partial charge in [-0.2, -0.15) is 0 Å². The van der Waals surface area contributed by atoms with E-state index in [9.17, 15) is 9.59 Å². The molecule has 0 aliphatic rings. The zero-order valence-corrected chi connectivity index (χ0v) is 16.6. The number of carbonyl (C=O) groups excluding carboxylic acids is 2. The number of likely N-dealkylation sites (N-methyl/N-ethyl adjacent to an activating group) is 1. The smallest absolute Gasteiger partial charge is 0.267 e. The van der Waals surface area contributed by atoms with E-state index in [2.05, 4.69) is 36.4 Å². The van der Waals surface area contributed by atoms with E-state index in [0.717, 1.165) is 10.7 Å². The van der Waals surface area contributed by atoms with Crippen molar-refractivity contribution < 1.29 is 14.3 Å². The van der Waals surface area contributed by atoms with Crippen molar-refractivity contribution in [3.63, 3.8) is 0 Å². The maximum absolute atomic E-state index is 12.5. The van der Waals surface area contributed by atoms with Crippen molar-refractivity contribution in [1.82, 2.24) is 10.3 Å². The van der Waals surface area contributed by atoms with Crippen LogP contribution in [0, 0.1) is 6.92 Å². The molecule has 0 saturated heterocycles. The Kier molecular flexibility index (Phi) is 6.37. The van der Waals surface area contributed by atoms with Gasteiger partial charge in [-0.15, -0.1) is 11.3 Å². The highest BCUT2D eigenvalue weighted by Gasteiger charge is 2.23. The molecule has 0 aliphatic carbocycles. The number of hydrogen-bond acceptors (Lipinski definition) is 5. The first-order chi connectivity index (χ1) is 12.2. The Morgan fingerprint density at radius 1 is 1.19 bits per heavy atom. The second-order valence-electron chi connectivity index (χ2n) is 6.90. The van der Waals surface area contributed by atoms with Gasteiger partial charge in [0.05, 0.1) is 10.7 Å². The molecule has 140 valence electrons. The van der Waals surface area contributed by atoms with Crippen molar-refractivity contribution >= 4 is 28.8 Å². The molecule has 0 saturated carbocycles. The summed E-state index contributed by atoms with van der Waals surface area (Å²) >= 11 is 1.42. The van der Waals surface area contributed by atoms with Crippen LogP contribution in [-0.2, 0) is 10.2 Å². The average Bonchev–Trinajstić information content (AvgIpc) is 2.97. The molecule has 1 aromatic carbocycles. The van der Waals surface area contributed by atoms with E-state index >= 15 is 0 Å². The number of hydrogen-bond donors (Lipinski definition) is 2. The van der Waals surface area contributed by atoms with Crippen molar-refractivity contribution in [1.29, 1.82) is 0 Å². The lowest BCUT2D eigenvalue weighted by Gasteiger charge is -2.13. The van der Waals surface area contributed by atoms with E-state index < -0.39 is 0 Å². The van der Waals surface area contributed by atoms with E-state index in [4.69, 9.17) is 4.74 Å². The fourth-order valence-corrected chi connectivity index (χ4v) is 3.17. The molecular weight excluding hydrogens is 350 g/mol. The number of amides is 2. The molecule has 2 aromatic rings. The molecule has 1 aromatic heterocycles. The van der Waals surface area contributed by atoms with Crippen LogP contribution in [0.5, 0.6) is 5.75 Å². The second kappa shape index (κ2) is 8.31. The summed E-state index contributed by atoms with van der Waals surface area (Å²) in [4.78, 5) is 29.0. The molecule has 0 radical (unpaired) electrons. The Morgan fingerprint density at radius 3 is 2.38 bits per heavy atom. The highest BCUT2D eigenvalue weighted by molar-refractivity contribution is 7.14. The van der Waals surface area contributed by atoms with Gasteiger partial charge in [-0.25, -0.2) is 4.98 Å². The fourth-order valence-electron chi connectivity index (χ4n) is 2.15. The Hall–Kier alpha value is -2.41. The summed E-state index contributed by atoms with van der Waals surface area (Å²) in [7, 11) is 0. The van der Waals surface area contributed by atoms with Crippen LogP contribution < -0.4 is 15.4 Å². The minimum atomic E-state index is -0.175. The third kappa shape index (κ3) is 5.29. The van der Waals surface area contributed by atoms with Gasteiger partial charge in [-0.1, -0.05) is 20.8 Å². The summed E-state index contributed by atoms with van der Waals surface area (Å²) < 4.78 is 5.39. The number of anilines is 1. The number of nitrogens with one attached hydrogen (secondary N) is 2. The fraction of sp³-hybridized carbons (Fsp3) is 0.421. The predicted octanol–water partition coefficient (Wildman–Crippen LogP) is 3.52. The summed E-state index contributed by atoms with van der Waals surface area (Å²) in [6, 6.07) is 6.92. The first-order valence-electron chi connectivity index (χ1n) is 8.49. The average molecular weight is 375 g/mol. The van der Waals surface area contributed by atoms with Crippen LogP contribution in [0.1, 0.15) is 48.1 Å².